The second kappa shape index (κ2) is 8.02. The number of halogens is 3. The van der Waals surface area contributed by atoms with E-state index in [1.165, 1.54) is 0 Å². The van der Waals surface area contributed by atoms with Crippen molar-refractivity contribution in [2.45, 2.75) is 19.4 Å². The third kappa shape index (κ3) is 4.38. The van der Waals surface area contributed by atoms with Crippen molar-refractivity contribution in [2.24, 2.45) is 0 Å². The van der Waals surface area contributed by atoms with Crippen LogP contribution in [0.3, 0.4) is 0 Å². The lowest BCUT2D eigenvalue weighted by molar-refractivity contribution is 0.0948. The standard InChI is InChI=1S/C15H16Cl2N4O.ClH/c16-10-5-9(6-11(17)7-10)1-4-19-15(22)14-12-8-18-3-2-13(12)20-21-14;/h5-7,18H,1-4,8H2,(H,19,22)(H,20,21);1H. The van der Waals surface area contributed by atoms with Gasteiger partial charge in [0.15, 0.2) is 5.69 Å². The van der Waals surface area contributed by atoms with Crippen LogP contribution in [0, 0.1) is 0 Å². The Labute approximate surface area is 150 Å². The van der Waals surface area contributed by atoms with Crippen LogP contribution >= 0.6 is 35.6 Å². The molecule has 1 amide bonds. The molecular formula is C15H17Cl3N4O. The van der Waals surface area contributed by atoms with Crippen molar-refractivity contribution in [1.82, 2.24) is 20.8 Å². The topological polar surface area (TPSA) is 69.8 Å². The van der Waals surface area contributed by atoms with Crippen molar-refractivity contribution < 1.29 is 4.79 Å². The maximum atomic E-state index is 12.2. The first-order valence-corrected chi connectivity index (χ1v) is 7.89. The molecular weight excluding hydrogens is 359 g/mol. The molecule has 0 atom stereocenters. The van der Waals surface area contributed by atoms with Crippen molar-refractivity contribution in [3.8, 4) is 0 Å². The van der Waals surface area contributed by atoms with Crippen LogP contribution in [0.15, 0.2) is 18.2 Å². The van der Waals surface area contributed by atoms with Crippen LogP contribution < -0.4 is 10.6 Å². The van der Waals surface area contributed by atoms with E-state index in [9.17, 15) is 4.79 Å². The van der Waals surface area contributed by atoms with Gasteiger partial charge in [-0.2, -0.15) is 5.10 Å². The summed E-state index contributed by atoms with van der Waals surface area (Å²) in [4.78, 5) is 12.2. The minimum Gasteiger partial charge on any atom is -0.350 e. The normalized spacial score (nSPS) is 13.1. The number of carbonyl (C=O) groups is 1. The Morgan fingerprint density at radius 1 is 1.26 bits per heavy atom. The molecule has 8 heteroatoms. The Hall–Kier alpha value is -1.27. The summed E-state index contributed by atoms with van der Waals surface area (Å²) in [7, 11) is 0. The third-order valence-corrected chi connectivity index (χ3v) is 4.08. The summed E-state index contributed by atoms with van der Waals surface area (Å²) in [5, 5.41) is 14.4. The molecule has 1 aromatic carbocycles. The predicted octanol–water partition coefficient (Wildman–Crippen LogP) is 2.76. The lowest BCUT2D eigenvalue weighted by atomic mass is 10.1. The molecule has 3 N–H and O–H groups in total. The summed E-state index contributed by atoms with van der Waals surface area (Å²) in [6, 6.07) is 5.38. The number of hydrogen-bond donors (Lipinski definition) is 3. The second-order valence-electron chi connectivity index (χ2n) is 5.24. The summed E-state index contributed by atoms with van der Waals surface area (Å²) >= 11 is 11.9. The summed E-state index contributed by atoms with van der Waals surface area (Å²) in [6.07, 6.45) is 1.54. The number of fused-ring (bicyclic) bond motifs is 1. The van der Waals surface area contributed by atoms with Gasteiger partial charge in [0, 0.05) is 47.4 Å². The zero-order valence-electron chi connectivity index (χ0n) is 12.3. The fourth-order valence-corrected chi connectivity index (χ4v) is 3.14. The molecule has 1 aliphatic rings. The van der Waals surface area contributed by atoms with E-state index in [-0.39, 0.29) is 18.3 Å². The van der Waals surface area contributed by atoms with Gasteiger partial charge in [-0.05, 0) is 30.2 Å². The molecule has 3 rings (SSSR count). The van der Waals surface area contributed by atoms with Crippen molar-refractivity contribution in [3.63, 3.8) is 0 Å². The highest BCUT2D eigenvalue weighted by Gasteiger charge is 2.21. The van der Waals surface area contributed by atoms with Gasteiger partial charge < -0.3 is 10.6 Å². The molecule has 23 heavy (non-hydrogen) atoms. The molecule has 0 aliphatic carbocycles. The van der Waals surface area contributed by atoms with Crippen LogP contribution in [-0.4, -0.2) is 29.2 Å². The molecule has 0 saturated carbocycles. The Morgan fingerprint density at radius 3 is 2.74 bits per heavy atom. The average molecular weight is 376 g/mol. The fourth-order valence-electron chi connectivity index (χ4n) is 2.57. The Kier molecular flexibility index (Phi) is 6.30. The zero-order chi connectivity index (χ0) is 15.5. The lowest BCUT2D eigenvalue weighted by Crippen LogP contribution is -2.29. The maximum absolute atomic E-state index is 12.2. The van der Waals surface area contributed by atoms with Crippen LogP contribution in [0.2, 0.25) is 10.0 Å². The number of nitrogens with zero attached hydrogens (tertiary/aromatic N) is 1. The molecule has 0 saturated heterocycles. The van der Waals surface area contributed by atoms with E-state index in [0.29, 0.717) is 35.2 Å². The monoisotopic (exact) mass is 374 g/mol. The van der Waals surface area contributed by atoms with Crippen LogP contribution in [-0.2, 0) is 19.4 Å². The number of carbonyl (C=O) groups excluding carboxylic acids is 1. The van der Waals surface area contributed by atoms with Crippen LogP contribution in [0.4, 0.5) is 0 Å². The number of benzene rings is 1. The van der Waals surface area contributed by atoms with E-state index in [4.69, 9.17) is 23.2 Å². The smallest absolute Gasteiger partial charge is 0.272 e. The van der Waals surface area contributed by atoms with Crippen molar-refractivity contribution in [2.75, 3.05) is 13.1 Å². The largest absolute Gasteiger partial charge is 0.350 e. The first-order valence-electron chi connectivity index (χ1n) is 7.13. The van der Waals surface area contributed by atoms with Gasteiger partial charge in [0.2, 0.25) is 0 Å². The van der Waals surface area contributed by atoms with Crippen molar-refractivity contribution in [1.29, 1.82) is 0 Å². The first-order chi connectivity index (χ1) is 10.6. The molecule has 0 radical (unpaired) electrons. The summed E-state index contributed by atoms with van der Waals surface area (Å²) in [6.45, 7) is 2.09. The molecule has 1 aliphatic heterocycles. The quantitative estimate of drug-likeness (QED) is 0.769. The maximum Gasteiger partial charge on any atom is 0.272 e. The van der Waals surface area contributed by atoms with Gasteiger partial charge in [-0.3, -0.25) is 9.89 Å². The summed E-state index contributed by atoms with van der Waals surface area (Å²) < 4.78 is 0. The number of aromatic nitrogens is 2. The lowest BCUT2D eigenvalue weighted by Gasteiger charge is -2.12. The minimum atomic E-state index is -0.158. The Bertz CT molecular complexity index is 682. The Morgan fingerprint density at radius 2 is 2.00 bits per heavy atom. The number of nitrogens with one attached hydrogen (secondary N) is 3. The zero-order valence-corrected chi connectivity index (χ0v) is 14.6. The molecule has 0 fully saturated rings. The van der Waals surface area contributed by atoms with Gasteiger partial charge in [-0.25, -0.2) is 0 Å². The molecule has 2 heterocycles. The molecule has 124 valence electrons. The van der Waals surface area contributed by atoms with Crippen LogP contribution in [0.5, 0.6) is 0 Å². The predicted molar refractivity (Wildman–Crippen MR) is 93.7 cm³/mol. The van der Waals surface area contributed by atoms with Gasteiger partial charge in [0.1, 0.15) is 0 Å². The van der Waals surface area contributed by atoms with Gasteiger partial charge in [0.05, 0.1) is 0 Å². The first kappa shape index (κ1) is 18.1. The summed E-state index contributed by atoms with van der Waals surface area (Å²) in [5.74, 6) is -0.158. The molecule has 0 spiro atoms. The number of rotatable bonds is 4. The van der Waals surface area contributed by atoms with Crippen LogP contribution in [0.25, 0.3) is 0 Å². The van der Waals surface area contributed by atoms with Gasteiger partial charge in [-0.1, -0.05) is 23.2 Å². The highest BCUT2D eigenvalue weighted by molar-refractivity contribution is 6.34. The number of amides is 1. The van der Waals surface area contributed by atoms with Crippen molar-refractivity contribution in [3.05, 3.63) is 50.8 Å². The number of hydrogen-bond acceptors (Lipinski definition) is 3. The molecule has 0 bridgehead atoms. The van der Waals surface area contributed by atoms with E-state index < -0.39 is 0 Å². The fraction of sp³-hybridized carbons (Fsp3) is 0.333. The molecule has 1 aromatic heterocycles. The van der Waals surface area contributed by atoms with Gasteiger partial charge in [-0.15, -0.1) is 12.4 Å². The van der Waals surface area contributed by atoms with E-state index >= 15 is 0 Å². The van der Waals surface area contributed by atoms with E-state index in [0.717, 1.165) is 29.8 Å². The number of H-pyrrole nitrogens is 1. The van der Waals surface area contributed by atoms with E-state index in [2.05, 4.69) is 20.8 Å². The Balaban J connectivity index is 0.00000192. The highest BCUT2D eigenvalue weighted by atomic mass is 35.5. The number of aromatic amines is 1. The SMILES string of the molecule is Cl.O=C(NCCc1cc(Cl)cc(Cl)c1)c1n[nH]c2c1CNCC2. The summed E-state index contributed by atoms with van der Waals surface area (Å²) in [5.41, 5.74) is 3.48. The molecule has 0 unspecified atom stereocenters. The highest BCUT2D eigenvalue weighted by Crippen LogP contribution is 2.19. The van der Waals surface area contributed by atoms with Crippen molar-refractivity contribution >= 4 is 41.5 Å². The molecule has 5 nitrogen and oxygen atoms in total. The van der Waals surface area contributed by atoms with Gasteiger partial charge in [0.25, 0.3) is 5.91 Å². The molecule has 2 aromatic rings. The van der Waals surface area contributed by atoms with Crippen LogP contribution in [0.1, 0.15) is 27.3 Å². The van der Waals surface area contributed by atoms with Gasteiger partial charge >= 0.3 is 0 Å². The van der Waals surface area contributed by atoms with E-state index in [1.807, 2.05) is 12.1 Å². The average Bonchev–Trinajstić information content (AvgIpc) is 2.90. The third-order valence-electron chi connectivity index (χ3n) is 3.64. The van der Waals surface area contributed by atoms with E-state index in [1.54, 1.807) is 6.07 Å². The minimum absolute atomic E-state index is 0. The second-order valence-corrected chi connectivity index (χ2v) is 6.11.